The van der Waals surface area contributed by atoms with Crippen LogP contribution in [0.2, 0.25) is 5.02 Å². The molecule has 1 saturated heterocycles. The summed E-state index contributed by atoms with van der Waals surface area (Å²) in [6.45, 7) is 5.24. The van der Waals surface area contributed by atoms with Gasteiger partial charge >= 0.3 is 0 Å². The topological polar surface area (TPSA) is 29.3 Å². The fourth-order valence-electron chi connectivity index (χ4n) is 2.56. The van der Waals surface area contributed by atoms with Crippen molar-refractivity contribution in [2.75, 3.05) is 6.54 Å². The van der Waals surface area contributed by atoms with E-state index in [1.165, 1.54) is 6.07 Å². The van der Waals surface area contributed by atoms with E-state index in [-0.39, 0.29) is 22.9 Å². The van der Waals surface area contributed by atoms with Crippen LogP contribution in [0.5, 0.6) is 0 Å². The minimum absolute atomic E-state index is 0.0676. The predicted molar refractivity (Wildman–Crippen MR) is 68.6 cm³/mol. The third-order valence-corrected chi connectivity index (χ3v) is 3.74. The van der Waals surface area contributed by atoms with Gasteiger partial charge in [-0.15, -0.1) is 0 Å². The summed E-state index contributed by atoms with van der Waals surface area (Å²) in [5.41, 5.74) is 7.05. The minimum Gasteiger partial charge on any atom is -0.326 e. The molecule has 0 bridgehead atoms. The second-order valence-corrected chi connectivity index (χ2v) is 5.31. The molecule has 17 heavy (non-hydrogen) atoms. The fourth-order valence-corrected chi connectivity index (χ4v) is 2.67. The highest BCUT2D eigenvalue weighted by Crippen LogP contribution is 2.33. The van der Waals surface area contributed by atoms with Gasteiger partial charge in [-0.25, -0.2) is 4.39 Å². The molecule has 0 aromatic heterocycles. The Hall–Kier alpha value is -0.640. The second kappa shape index (κ2) is 4.92. The van der Waals surface area contributed by atoms with Crippen molar-refractivity contribution in [3.05, 3.63) is 34.6 Å². The number of halogens is 2. The van der Waals surface area contributed by atoms with Gasteiger partial charge < -0.3 is 5.73 Å². The zero-order valence-corrected chi connectivity index (χ0v) is 10.9. The zero-order chi connectivity index (χ0) is 12.6. The van der Waals surface area contributed by atoms with Crippen LogP contribution >= 0.6 is 11.6 Å². The van der Waals surface area contributed by atoms with Crippen molar-refractivity contribution < 1.29 is 4.39 Å². The summed E-state index contributed by atoms with van der Waals surface area (Å²) in [4.78, 5) is 2.31. The van der Waals surface area contributed by atoms with E-state index >= 15 is 0 Å². The first-order valence-electron chi connectivity index (χ1n) is 5.97. The van der Waals surface area contributed by atoms with Crippen molar-refractivity contribution in [3.63, 3.8) is 0 Å². The average Bonchev–Trinajstić information content (AvgIpc) is 2.64. The fraction of sp³-hybridized carbons (Fsp3) is 0.538. The molecule has 1 aromatic carbocycles. The number of nitrogens with zero attached hydrogens (tertiary/aromatic N) is 1. The first-order valence-corrected chi connectivity index (χ1v) is 6.34. The average molecular weight is 257 g/mol. The molecule has 1 aliphatic rings. The molecule has 0 aliphatic carbocycles. The van der Waals surface area contributed by atoms with Crippen LogP contribution in [0.25, 0.3) is 0 Å². The maximum Gasteiger partial charge on any atom is 0.142 e. The molecule has 0 spiro atoms. The zero-order valence-electron chi connectivity index (χ0n) is 10.2. The monoisotopic (exact) mass is 256 g/mol. The largest absolute Gasteiger partial charge is 0.326 e. The molecule has 94 valence electrons. The van der Waals surface area contributed by atoms with E-state index in [0.717, 1.165) is 18.5 Å². The van der Waals surface area contributed by atoms with Crippen molar-refractivity contribution in [1.29, 1.82) is 0 Å². The lowest BCUT2D eigenvalue weighted by Gasteiger charge is -2.30. The molecule has 2 N–H and O–H groups in total. The van der Waals surface area contributed by atoms with Crippen molar-refractivity contribution in [3.8, 4) is 0 Å². The molecule has 1 aliphatic heterocycles. The Bertz CT molecular complexity index is 408. The van der Waals surface area contributed by atoms with Gasteiger partial charge in [0, 0.05) is 18.6 Å². The SMILES string of the molecule is CC(C)N1CC[C@@H](N)[C@@H]1c1ccc(Cl)c(F)c1. The van der Waals surface area contributed by atoms with E-state index in [1.807, 2.05) is 6.07 Å². The molecule has 2 nitrogen and oxygen atoms in total. The standard InChI is InChI=1S/C13H18ClFN2/c1-8(2)17-6-5-12(16)13(17)9-3-4-10(14)11(15)7-9/h3-4,7-8,12-13H,5-6,16H2,1-2H3/t12-,13+/m1/s1. The number of hydrogen-bond acceptors (Lipinski definition) is 2. The van der Waals surface area contributed by atoms with Crippen LogP contribution < -0.4 is 5.73 Å². The van der Waals surface area contributed by atoms with E-state index in [1.54, 1.807) is 6.07 Å². The van der Waals surface area contributed by atoms with Crippen molar-refractivity contribution in [2.45, 2.75) is 38.4 Å². The van der Waals surface area contributed by atoms with Crippen LogP contribution in [0.15, 0.2) is 18.2 Å². The minimum atomic E-state index is -0.369. The van der Waals surface area contributed by atoms with Crippen molar-refractivity contribution in [1.82, 2.24) is 4.90 Å². The molecule has 1 heterocycles. The lowest BCUT2D eigenvalue weighted by Crippen LogP contribution is -2.35. The molecule has 0 radical (unpaired) electrons. The number of likely N-dealkylation sites (tertiary alicyclic amines) is 1. The smallest absolute Gasteiger partial charge is 0.142 e. The molecule has 2 rings (SSSR count). The summed E-state index contributed by atoms with van der Waals surface area (Å²) in [5, 5.41) is 0.163. The summed E-state index contributed by atoms with van der Waals surface area (Å²) in [5.74, 6) is -0.369. The van der Waals surface area contributed by atoms with Gasteiger partial charge in [-0.2, -0.15) is 0 Å². The normalized spacial score (nSPS) is 25.8. The highest BCUT2D eigenvalue weighted by Gasteiger charge is 2.34. The number of nitrogens with two attached hydrogens (primary N) is 1. The molecule has 4 heteroatoms. The quantitative estimate of drug-likeness (QED) is 0.882. The molecule has 0 saturated carbocycles. The Morgan fingerprint density at radius 2 is 2.18 bits per heavy atom. The van der Waals surface area contributed by atoms with Gasteiger partial charge in [0.25, 0.3) is 0 Å². The molecule has 2 atom stereocenters. The molecular formula is C13H18ClFN2. The summed E-state index contributed by atoms with van der Waals surface area (Å²) in [7, 11) is 0. The Balaban J connectivity index is 2.33. The van der Waals surface area contributed by atoms with Gasteiger partial charge in [-0.3, -0.25) is 4.90 Å². The Morgan fingerprint density at radius 3 is 2.76 bits per heavy atom. The maximum atomic E-state index is 13.5. The van der Waals surface area contributed by atoms with Crippen molar-refractivity contribution >= 4 is 11.6 Å². The van der Waals surface area contributed by atoms with Gasteiger partial charge in [0.05, 0.1) is 11.1 Å². The Morgan fingerprint density at radius 1 is 1.47 bits per heavy atom. The summed E-state index contributed by atoms with van der Waals surface area (Å²) >= 11 is 5.70. The molecule has 1 fully saturated rings. The highest BCUT2D eigenvalue weighted by atomic mass is 35.5. The molecule has 0 amide bonds. The van der Waals surface area contributed by atoms with Crippen LogP contribution in [0, 0.1) is 5.82 Å². The van der Waals surface area contributed by atoms with Crippen LogP contribution in [0.1, 0.15) is 31.9 Å². The second-order valence-electron chi connectivity index (χ2n) is 4.90. The van der Waals surface area contributed by atoms with E-state index in [0.29, 0.717) is 6.04 Å². The third-order valence-electron chi connectivity index (χ3n) is 3.43. The third kappa shape index (κ3) is 2.46. The van der Waals surface area contributed by atoms with E-state index in [4.69, 9.17) is 17.3 Å². The van der Waals surface area contributed by atoms with E-state index in [2.05, 4.69) is 18.7 Å². The lowest BCUT2D eigenvalue weighted by molar-refractivity contribution is 0.198. The maximum absolute atomic E-state index is 13.5. The van der Waals surface area contributed by atoms with E-state index < -0.39 is 0 Å². The van der Waals surface area contributed by atoms with Gasteiger partial charge in [0.15, 0.2) is 0 Å². The molecular weight excluding hydrogens is 239 g/mol. The van der Waals surface area contributed by atoms with Gasteiger partial charge in [0.1, 0.15) is 5.82 Å². The summed E-state index contributed by atoms with van der Waals surface area (Å²) in [6.07, 6.45) is 0.951. The number of benzene rings is 1. The van der Waals surface area contributed by atoms with E-state index in [9.17, 15) is 4.39 Å². The molecule has 0 unspecified atom stereocenters. The van der Waals surface area contributed by atoms with Gasteiger partial charge in [-0.1, -0.05) is 17.7 Å². The van der Waals surface area contributed by atoms with Crippen LogP contribution in [0.4, 0.5) is 4.39 Å². The van der Waals surface area contributed by atoms with Crippen LogP contribution in [-0.2, 0) is 0 Å². The molecule has 1 aromatic rings. The first kappa shape index (κ1) is 12.8. The van der Waals surface area contributed by atoms with Gasteiger partial charge in [0.2, 0.25) is 0 Å². The van der Waals surface area contributed by atoms with Crippen LogP contribution in [0.3, 0.4) is 0 Å². The predicted octanol–water partition coefficient (Wildman–Crippen LogP) is 2.96. The summed E-state index contributed by atoms with van der Waals surface area (Å²) in [6, 6.07) is 5.56. The Labute approximate surface area is 107 Å². The lowest BCUT2D eigenvalue weighted by atomic mass is 10.00. The van der Waals surface area contributed by atoms with Crippen LogP contribution in [-0.4, -0.2) is 23.5 Å². The number of hydrogen-bond donors (Lipinski definition) is 1. The van der Waals surface area contributed by atoms with Crippen molar-refractivity contribution in [2.24, 2.45) is 5.73 Å². The van der Waals surface area contributed by atoms with Gasteiger partial charge in [-0.05, 0) is 38.0 Å². The first-order chi connectivity index (χ1) is 8.00. The highest BCUT2D eigenvalue weighted by molar-refractivity contribution is 6.30. The Kier molecular flexibility index (Phi) is 3.71. The number of rotatable bonds is 2. The summed E-state index contributed by atoms with van der Waals surface area (Å²) < 4.78 is 13.5.